The molecule has 0 saturated carbocycles. The van der Waals surface area contributed by atoms with Gasteiger partial charge in [0.25, 0.3) is 0 Å². The average molecular weight is 308 g/mol. The van der Waals surface area contributed by atoms with Crippen LogP contribution in [-0.2, 0) is 4.74 Å². The maximum Gasteiger partial charge on any atom is 0.351 e. The van der Waals surface area contributed by atoms with Crippen LogP contribution in [0.3, 0.4) is 0 Å². The standard InChI is InChI=1S/C14H10ClNO3S/c1-7-4-3-5-8-6-9(19-10(7)8)13-16-12(15)11(20-13)14(17)18-2/h3-6H,1-2H3. The number of carbonyl (C=O) groups is 1. The first-order chi connectivity index (χ1) is 9.60. The average Bonchev–Trinajstić information content (AvgIpc) is 3.02. The van der Waals surface area contributed by atoms with Crippen LogP contribution in [0, 0.1) is 6.92 Å². The highest BCUT2D eigenvalue weighted by Crippen LogP contribution is 2.35. The highest BCUT2D eigenvalue weighted by atomic mass is 35.5. The smallest absolute Gasteiger partial charge is 0.351 e. The molecule has 0 spiro atoms. The topological polar surface area (TPSA) is 52.3 Å². The third-order valence-corrected chi connectivity index (χ3v) is 4.34. The summed E-state index contributed by atoms with van der Waals surface area (Å²) < 4.78 is 10.5. The van der Waals surface area contributed by atoms with E-state index in [2.05, 4.69) is 9.72 Å². The molecule has 2 aromatic heterocycles. The van der Waals surface area contributed by atoms with Crippen LogP contribution in [0.5, 0.6) is 0 Å². The minimum absolute atomic E-state index is 0.133. The Morgan fingerprint density at radius 2 is 2.25 bits per heavy atom. The predicted molar refractivity (Wildman–Crippen MR) is 78.4 cm³/mol. The van der Waals surface area contributed by atoms with Gasteiger partial charge in [-0.15, -0.1) is 11.3 Å². The van der Waals surface area contributed by atoms with E-state index >= 15 is 0 Å². The molecular formula is C14H10ClNO3S. The molecule has 3 aromatic rings. The van der Waals surface area contributed by atoms with Crippen LogP contribution >= 0.6 is 22.9 Å². The number of esters is 1. The number of thiazole rings is 1. The van der Waals surface area contributed by atoms with Gasteiger partial charge in [-0.05, 0) is 18.6 Å². The van der Waals surface area contributed by atoms with Crippen molar-refractivity contribution in [3.8, 4) is 10.8 Å². The van der Waals surface area contributed by atoms with Crippen LogP contribution in [0.1, 0.15) is 15.2 Å². The Morgan fingerprint density at radius 3 is 2.95 bits per heavy atom. The van der Waals surface area contributed by atoms with Crippen molar-refractivity contribution in [1.29, 1.82) is 0 Å². The molecule has 3 rings (SSSR count). The third-order valence-electron chi connectivity index (χ3n) is 2.91. The fourth-order valence-electron chi connectivity index (χ4n) is 1.94. The minimum atomic E-state index is -0.494. The lowest BCUT2D eigenvalue weighted by Crippen LogP contribution is -1.98. The first kappa shape index (κ1) is 13.1. The van der Waals surface area contributed by atoms with Crippen LogP contribution in [0.2, 0.25) is 5.15 Å². The summed E-state index contributed by atoms with van der Waals surface area (Å²) in [4.78, 5) is 16.0. The maximum atomic E-state index is 11.5. The molecule has 0 saturated heterocycles. The van der Waals surface area contributed by atoms with E-state index in [9.17, 15) is 4.79 Å². The lowest BCUT2D eigenvalue weighted by atomic mass is 10.2. The summed E-state index contributed by atoms with van der Waals surface area (Å²) in [6, 6.07) is 7.79. The van der Waals surface area contributed by atoms with Gasteiger partial charge in [0.1, 0.15) is 5.58 Å². The molecule has 6 heteroatoms. The lowest BCUT2D eigenvalue weighted by molar-refractivity contribution is 0.0606. The quantitative estimate of drug-likeness (QED) is 0.662. The number of hydrogen-bond acceptors (Lipinski definition) is 5. The molecule has 102 valence electrons. The molecule has 0 aliphatic rings. The summed E-state index contributed by atoms with van der Waals surface area (Å²) in [6.45, 7) is 1.98. The van der Waals surface area contributed by atoms with Crippen LogP contribution in [-0.4, -0.2) is 18.1 Å². The molecule has 0 bridgehead atoms. The second-order valence-electron chi connectivity index (χ2n) is 4.23. The molecule has 0 aliphatic heterocycles. The van der Waals surface area contributed by atoms with E-state index in [1.165, 1.54) is 7.11 Å². The number of carbonyl (C=O) groups excluding carboxylic acids is 1. The molecule has 0 fully saturated rings. The Hall–Kier alpha value is -1.85. The van der Waals surface area contributed by atoms with Gasteiger partial charge in [0.05, 0.1) is 7.11 Å². The summed E-state index contributed by atoms with van der Waals surface area (Å²) in [5.74, 6) is 0.0994. The first-order valence-electron chi connectivity index (χ1n) is 5.84. The summed E-state index contributed by atoms with van der Waals surface area (Å²) in [6.07, 6.45) is 0. The van der Waals surface area contributed by atoms with Crippen molar-refractivity contribution in [2.24, 2.45) is 0 Å². The summed E-state index contributed by atoms with van der Waals surface area (Å²) in [5.41, 5.74) is 1.86. The van der Waals surface area contributed by atoms with Gasteiger partial charge < -0.3 is 9.15 Å². The Morgan fingerprint density at radius 1 is 1.45 bits per heavy atom. The van der Waals surface area contributed by atoms with Crippen molar-refractivity contribution in [1.82, 2.24) is 4.98 Å². The Bertz CT molecular complexity index is 806. The van der Waals surface area contributed by atoms with Gasteiger partial charge in [0.2, 0.25) is 0 Å². The predicted octanol–water partition coefficient (Wildman–Crippen LogP) is 4.30. The number of halogens is 1. The second-order valence-corrected chi connectivity index (χ2v) is 5.59. The number of ether oxygens (including phenoxy) is 1. The van der Waals surface area contributed by atoms with Gasteiger partial charge >= 0.3 is 5.97 Å². The molecule has 0 N–H and O–H groups in total. The lowest BCUT2D eigenvalue weighted by Gasteiger charge is -1.92. The van der Waals surface area contributed by atoms with Crippen molar-refractivity contribution >= 4 is 39.9 Å². The van der Waals surface area contributed by atoms with Crippen LogP contribution in [0.25, 0.3) is 21.7 Å². The van der Waals surface area contributed by atoms with Gasteiger partial charge in [0, 0.05) is 5.39 Å². The zero-order chi connectivity index (χ0) is 14.3. The third kappa shape index (κ3) is 2.09. The number of aryl methyl sites for hydroxylation is 1. The Labute approximate surface area is 123 Å². The molecule has 0 atom stereocenters. The van der Waals surface area contributed by atoms with Gasteiger partial charge in [-0.1, -0.05) is 29.8 Å². The molecule has 2 heterocycles. The number of furan rings is 1. The molecule has 1 aromatic carbocycles. The fraction of sp³-hybridized carbons (Fsp3) is 0.143. The van der Waals surface area contributed by atoms with Gasteiger partial charge in [-0.2, -0.15) is 0 Å². The number of hydrogen-bond donors (Lipinski definition) is 0. The summed E-state index contributed by atoms with van der Waals surface area (Å²) >= 11 is 7.11. The number of nitrogens with zero attached hydrogens (tertiary/aromatic N) is 1. The molecule has 0 amide bonds. The summed E-state index contributed by atoms with van der Waals surface area (Å²) in [5, 5.41) is 1.69. The van der Waals surface area contributed by atoms with E-state index in [0.717, 1.165) is 27.9 Å². The number of para-hydroxylation sites is 1. The zero-order valence-corrected chi connectivity index (χ0v) is 12.3. The van der Waals surface area contributed by atoms with Crippen molar-refractivity contribution in [2.75, 3.05) is 7.11 Å². The molecule has 0 aliphatic carbocycles. The van der Waals surface area contributed by atoms with Crippen LogP contribution in [0.15, 0.2) is 28.7 Å². The van der Waals surface area contributed by atoms with E-state index in [1.54, 1.807) is 0 Å². The Kier molecular flexibility index (Phi) is 3.23. The van der Waals surface area contributed by atoms with E-state index in [4.69, 9.17) is 16.0 Å². The summed E-state index contributed by atoms with van der Waals surface area (Å²) in [7, 11) is 1.31. The Balaban J connectivity index is 2.11. The number of fused-ring (bicyclic) bond motifs is 1. The van der Waals surface area contributed by atoms with E-state index < -0.39 is 5.97 Å². The van der Waals surface area contributed by atoms with Crippen molar-refractivity contribution in [3.63, 3.8) is 0 Å². The van der Waals surface area contributed by atoms with E-state index in [1.807, 2.05) is 31.2 Å². The van der Waals surface area contributed by atoms with Gasteiger partial charge in [-0.3, -0.25) is 0 Å². The largest absolute Gasteiger partial charge is 0.465 e. The normalized spacial score (nSPS) is 10.9. The SMILES string of the molecule is COC(=O)c1sc(-c2cc3cccc(C)c3o2)nc1Cl. The molecule has 20 heavy (non-hydrogen) atoms. The number of methoxy groups -OCH3 is 1. The second kappa shape index (κ2) is 4.92. The van der Waals surface area contributed by atoms with Crippen molar-refractivity contribution in [3.05, 3.63) is 39.9 Å². The fourth-order valence-corrected chi connectivity index (χ4v) is 3.10. The molecular weight excluding hydrogens is 298 g/mol. The molecule has 0 unspecified atom stereocenters. The highest BCUT2D eigenvalue weighted by molar-refractivity contribution is 7.17. The van der Waals surface area contributed by atoms with Crippen molar-refractivity contribution < 1.29 is 13.9 Å². The number of benzene rings is 1. The van der Waals surface area contributed by atoms with Gasteiger partial charge in [-0.25, -0.2) is 9.78 Å². The number of aromatic nitrogens is 1. The monoisotopic (exact) mass is 307 g/mol. The van der Waals surface area contributed by atoms with Crippen LogP contribution in [0.4, 0.5) is 0 Å². The number of rotatable bonds is 2. The first-order valence-corrected chi connectivity index (χ1v) is 7.04. The van der Waals surface area contributed by atoms with E-state index in [-0.39, 0.29) is 10.0 Å². The highest BCUT2D eigenvalue weighted by Gasteiger charge is 2.20. The van der Waals surface area contributed by atoms with Crippen molar-refractivity contribution in [2.45, 2.75) is 6.92 Å². The maximum absolute atomic E-state index is 11.5. The van der Waals surface area contributed by atoms with Crippen LogP contribution < -0.4 is 0 Å². The minimum Gasteiger partial charge on any atom is -0.465 e. The zero-order valence-electron chi connectivity index (χ0n) is 10.8. The molecule has 0 radical (unpaired) electrons. The molecule has 4 nitrogen and oxygen atoms in total. The van der Waals surface area contributed by atoms with E-state index in [0.29, 0.717) is 10.8 Å². The van der Waals surface area contributed by atoms with Gasteiger partial charge in [0.15, 0.2) is 20.8 Å².